The Morgan fingerprint density at radius 2 is 2.04 bits per heavy atom. The van der Waals surface area contributed by atoms with Gasteiger partial charge in [0, 0.05) is 13.1 Å². The second-order valence-corrected chi connectivity index (χ2v) is 5.82. The van der Waals surface area contributed by atoms with Gasteiger partial charge in [0.2, 0.25) is 0 Å². The minimum absolute atomic E-state index is 0.0748. The molecule has 1 aromatic carbocycles. The van der Waals surface area contributed by atoms with Gasteiger partial charge in [-0.2, -0.15) is 4.98 Å². The first kappa shape index (κ1) is 15.2. The molecule has 7 heteroatoms. The summed E-state index contributed by atoms with van der Waals surface area (Å²) in [6.07, 6.45) is 0. The molecule has 0 radical (unpaired) electrons. The fraction of sp³-hybridized carbons (Fsp3) is 0.375. The molecule has 1 fully saturated rings. The maximum Gasteiger partial charge on any atom is 0.308 e. The highest BCUT2D eigenvalue weighted by atomic mass is 16.5. The molecule has 120 valence electrons. The van der Waals surface area contributed by atoms with Crippen LogP contribution < -0.4 is 0 Å². The first-order valence-corrected chi connectivity index (χ1v) is 7.39. The highest BCUT2D eigenvalue weighted by molar-refractivity contribution is 6.00. The van der Waals surface area contributed by atoms with Gasteiger partial charge in [0.15, 0.2) is 5.82 Å². The number of rotatable bonds is 3. The SMILES string of the molecule is Cc1noc(-c2ccccc2C(=O)N2C[C@@H](C)[C@H](C(=O)O)C2)n1. The van der Waals surface area contributed by atoms with Gasteiger partial charge in [-0.1, -0.05) is 24.2 Å². The number of hydrogen-bond donors (Lipinski definition) is 1. The van der Waals surface area contributed by atoms with Crippen molar-refractivity contribution >= 4 is 11.9 Å². The maximum absolute atomic E-state index is 12.8. The molecule has 0 saturated carbocycles. The van der Waals surface area contributed by atoms with Crippen molar-refractivity contribution in [1.82, 2.24) is 15.0 Å². The molecule has 1 N–H and O–H groups in total. The lowest BCUT2D eigenvalue weighted by Crippen LogP contribution is -2.30. The van der Waals surface area contributed by atoms with E-state index in [1.807, 2.05) is 6.92 Å². The molecule has 0 aliphatic carbocycles. The van der Waals surface area contributed by atoms with Crippen LogP contribution in [0, 0.1) is 18.8 Å². The quantitative estimate of drug-likeness (QED) is 0.928. The van der Waals surface area contributed by atoms with Crippen molar-refractivity contribution in [3.63, 3.8) is 0 Å². The molecule has 0 spiro atoms. The zero-order valence-corrected chi connectivity index (χ0v) is 12.9. The molecular weight excluding hydrogens is 298 g/mol. The average molecular weight is 315 g/mol. The number of benzene rings is 1. The maximum atomic E-state index is 12.8. The lowest BCUT2D eigenvalue weighted by Gasteiger charge is -2.17. The van der Waals surface area contributed by atoms with Gasteiger partial charge >= 0.3 is 5.97 Å². The molecule has 1 aliphatic rings. The van der Waals surface area contributed by atoms with Crippen LogP contribution in [0.5, 0.6) is 0 Å². The summed E-state index contributed by atoms with van der Waals surface area (Å²) in [5, 5.41) is 13.0. The smallest absolute Gasteiger partial charge is 0.308 e. The van der Waals surface area contributed by atoms with Gasteiger partial charge in [-0.15, -0.1) is 0 Å². The molecule has 2 atom stereocenters. The molecule has 2 aromatic rings. The van der Waals surface area contributed by atoms with Gasteiger partial charge in [0.25, 0.3) is 11.8 Å². The summed E-state index contributed by atoms with van der Waals surface area (Å²) >= 11 is 0. The Balaban J connectivity index is 1.91. The van der Waals surface area contributed by atoms with E-state index in [4.69, 9.17) is 4.52 Å². The van der Waals surface area contributed by atoms with E-state index in [9.17, 15) is 14.7 Å². The second-order valence-electron chi connectivity index (χ2n) is 5.82. The molecule has 1 saturated heterocycles. The van der Waals surface area contributed by atoms with E-state index in [1.165, 1.54) is 0 Å². The van der Waals surface area contributed by atoms with Crippen LogP contribution in [-0.4, -0.2) is 45.1 Å². The largest absolute Gasteiger partial charge is 0.481 e. The molecule has 7 nitrogen and oxygen atoms in total. The minimum Gasteiger partial charge on any atom is -0.481 e. The van der Waals surface area contributed by atoms with Crippen LogP contribution in [0.3, 0.4) is 0 Å². The number of carbonyl (C=O) groups excluding carboxylic acids is 1. The predicted molar refractivity (Wildman–Crippen MR) is 80.7 cm³/mol. The summed E-state index contributed by atoms with van der Waals surface area (Å²) in [4.78, 5) is 29.8. The third kappa shape index (κ3) is 2.81. The van der Waals surface area contributed by atoms with Crippen LogP contribution in [-0.2, 0) is 4.79 Å². The van der Waals surface area contributed by atoms with E-state index >= 15 is 0 Å². The first-order chi connectivity index (χ1) is 11.0. The third-order valence-corrected chi connectivity index (χ3v) is 4.13. The molecule has 1 aliphatic heterocycles. The van der Waals surface area contributed by atoms with Crippen LogP contribution in [0.2, 0.25) is 0 Å². The number of likely N-dealkylation sites (tertiary alicyclic amines) is 1. The Morgan fingerprint density at radius 3 is 2.65 bits per heavy atom. The topological polar surface area (TPSA) is 96.5 Å². The third-order valence-electron chi connectivity index (χ3n) is 4.13. The summed E-state index contributed by atoms with van der Waals surface area (Å²) in [6, 6.07) is 6.98. The van der Waals surface area contributed by atoms with Gasteiger partial charge in [-0.05, 0) is 25.0 Å². The van der Waals surface area contributed by atoms with Crippen LogP contribution in [0.15, 0.2) is 28.8 Å². The van der Waals surface area contributed by atoms with Crippen LogP contribution >= 0.6 is 0 Å². The first-order valence-electron chi connectivity index (χ1n) is 7.39. The standard InChI is InChI=1S/C16H17N3O4/c1-9-7-19(8-13(9)16(21)22)15(20)12-6-4-3-5-11(12)14-17-10(2)18-23-14/h3-6,9,13H,7-8H2,1-2H3,(H,21,22)/t9-,13-/m1/s1. The van der Waals surface area contributed by atoms with Gasteiger partial charge in [-0.25, -0.2) is 0 Å². The van der Waals surface area contributed by atoms with Gasteiger partial charge < -0.3 is 14.5 Å². The van der Waals surface area contributed by atoms with E-state index in [2.05, 4.69) is 10.1 Å². The Labute approximate surface area is 132 Å². The van der Waals surface area contributed by atoms with Crippen LogP contribution in [0.1, 0.15) is 23.1 Å². The fourth-order valence-electron chi connectivity index (χ4n) is 2.89. The molecule has 0 bridgehead atoms. The van der Waals surface area contributed by atoms with Crippen molar-refractivity contribution in [2.24, 2.45) is 11.8 Å². The summed E-state index contributed by atoms with van der Waals surface area (Å²) in [5.41, 5.74) is 0.999. The lowest BCUT2D eigenvalue weighted by molar-refractivity contribution is -0.142. The number of carboxylic acid groups (broad SMARTS) is 1. The number of hydrogen-bond acceptors (Lipinski definition) is 5. The van der Waals surface area contributed by atoms with Crippen molar-refractivity contribution in [1.29, 1.82) is 0 Å². The van der Waals surface area contributed by atoms with Crippen molar-refractivity contribution in [3.8, 4) is 11.5 Å². The number of nitrogens with zero attached hydrogens (tertiary/aromatic N) is 3. The molecule has 3 rings (SSSR count). The molecule has 2 heterocycles. The van der Waals surface area contributed by atoms with Crippen molar-refractivity contribution in [2.45, 2.75) is 13.8 Å². The van der Waals surface area contributed by atoms with Crippen LogP contribution in [0.4, 0.5) is 0 Å². The summed E-state index contributed by atoms with van der Waals surface area (Å²) in [6.45, 7) is 4.19. The van der Waals surface area contributed by atoms with E-state index in [0.717, 1.165) is 0 Å². The van der Waals surface area contributed by atoms with Crippen molar-refractivity contribution < 1.29 is 19.2 Å². The lowest BCUT2D eigenvalue weighted by atomic mass is 9.99. The number of amides is 1. The fourth-order valence-corrected chi connectivity index (χ4v) is 2.89. The molecule has 1 amide bonds. The monoisotopic (exact) mass is 315 g/mol. The van der Waals surface area contributed by atoms with Gasteiger partial charge in [0.1, 0.15) is 0 Å². The summed E-state index contributed by atoms with van der Waals surface area (Å²) in [7, 11) is 0. The summed E-state index contributed by atoms with van der Waals surface area (Å²) in [5.74, 6) is -0.914. The van der Waals surface area contributed by atoms with Crippen molar-refractivity contribution in [3.05, 3.63) is 35.7 Å². The highest BCUT2D eigenvalue weighted by Gasteiger charge is 2.37. The van der Waals surface area contributed by atoms with E-state index in [0.29, 0.717) is 23.5 Å². The molecular formula is C16H17N3O4. The van der Waals surface area contributed by atoms with Crippen LogP contribution in [0.25, 0.3) is 11.5 Å². The molecule has 0 unspecified atom stereocenters. The van der Waals surface area contributed by atoms with Gasteiger partial charge in [-0.3, -0.25) is 9.59 Å². The van der Waals surface area contributed by atoms with Crippen molar-refractivity contribution in [2.75, 3.05) is 13.1 Å². The minimum atomic E-state index is -0.867. The Morgan fingerprint density at radius 1 is 1.30 bits per heavy atom. The number of carboxylic acids is 1. The van der Waals surface area contributed by atoms with E-state index in [1.54, 1.807) is 36.1 Å². The summed E-state index contributed by atoms with van der Waals surface area (Å²) < 4.78 is 5.16. The average Bonchev–Trinajstić information content (AvgIpc) is 3.12. The highest BCUT2D eigenvalue weighted by Crippen LogP contribution is 2.28. The Hall–Kier alpha value is -2.70. The number of carbonyl (C=O) groups is 2. The predicted octanol–water partition coefficient (Wildman–Crippen LogP) is 1.84. The zero-order chi connectivity index (χ0) is 16.6. The molecule has 1 aromatic heterocycles. The number of aromatic nitrogens is 2. The van der Waals surface area contributed by atoms with E-state index < -0.39 is 11.9 Å². The van der Waals surface area contributed by atoms with Gasteiger partial charge in [0.05, 0.1) is 17.0 Å². The second kappa shape index (κ2) is 5.83. The Bertz CT molecular complexity index is 755. The Kier molecular flexibility index (Phi) is 3.85. The normalized spacial score (nSPS) is 20.7. The molecule has 23 heavy (non-hydrogen) atoms. The van der Waals surface area contributed by atoms with E-state index in [-0.39, 0.29) is 24.3 Å². The number of aryl methyl sites for hydroxylation is 1. The zero-order valence-electron chi connectivity index (χ0n) is 12.9. The number of aliphatic carboxylic acids is 1.